The molecule has 0 atom stereocenters. The van der Waals surface area contributed by atoms with Crippen molar-refractivity contribution in [2.75, 3.05) is 0 Å². The van der Waals surface area contributed by atoms with Gasteiger partial charge in [0.25, 0.3) is 0 Å². The molecule has 0 unspecified atom stereocenters. The Bertz CT molecular complexity index is 560. The quantitative estimate of drug-likeness (QED) is 0.816. The second-order valence-corrected chi connectivity index (χ2v) is 6.59. The molecule has 0 aliphatic heterocycles. The third kappa shape index (κ3) is 2.70. The molecule has 0 heterocycles. The Balaban J connectivity index is 1.90. The van der Waals surface area contributed by atoms with Crippen molar-refractivity contribution in [3.63, 3.8) is 0 Å². The van der Waals surface area contributed by atoms with Crippen LogP contribution in [0, 0.1) is 5.92 Å². The largest absolute Gasteiger partial charge is 0.508 e. The third-order valence-electron chi connectivity index (χ3n) is 5.08. The van der Waals surface area contributed by atoms with Crippen LogP contribution in [-0.2, 0) is 5.41 Å². The number of phenolic OH excluding ortho intramolecular Hbond substituents is 2. The average Bonchev–Trinajstić information content (AvgIpc) is 2.49. The molecule has 3 rings (SSSR count). The van der Waals surface area contributed by atoms with Crippen LogP contribution in [0.4, 0.5) is 0 Å². The van der Waals surface area contributed by atoms with E-state index in [1.807, 2.05) is 24.3 Å². The number of rotatable bonds is 5. The second-order valence-electron chi connectivity index (χ2n) is 6.59. The molecule has 22 heavy (non-hydrogen) atoms. The van der Waals surface area contributed by atoms with E-state index in [1.54, 1.807) is 24.3 Å². The number of hydrogen-bond acceptors (Lipinski definition) is 2. The highest BCUT2D eigenvalue weighted by molar-refractivity contribution is 5.45. The Morgan fingerprint density at radius 3 is 1.73 bits per heavy atom. The summed E-state index contributed by atoms with van der Waals surface area (Å²) in [5.74, 6) is 1.40. The molecule has 2 heteroatoms. The number of benzene rings is 2. The molecule has 0 amide bonds. The first-order chi connectivity index (χ1) is 10.6. The SMILES string of the molecule is CCCCC1CC(c2ccc(O)cc2)(c2ccc(O)cc2)C1. The molecular formula is C20H24O2. The van der Waals surface area contributed by atoms with Crippen LogP contribution in [0.1, 0.15) is 50.2 Å². The van der Waals surface area contributed by atoms with E-state index in [2.05, 4.69) is 6.92 Å². The summed E-state index contributed by atoms with van der Waals surface area (Å²) >= 11 is 0. The van der Waals surface area contributed by atoms with Crippen molar-refractivity contribution in [1.82, 2.24) is 0 Å². The fraction of sp³-hybridized carbons (Fsp3) is 0.400. The van der Waals surface area contributed by atoms with Crippen molar-refractivity contribution in [2.24, 2.45) is 5.92 Å². The van der Waals surface area contributed by atoms with Crippen LogP contribution in [0.15, 0.2) is 48.5 Å². The molecule has 0 spiro atoms. The van der Waals surface area contributed by atoms with Crippen LogP contribution in [0.3, 0.4) is 0 Å². The molecule has 1 saturated carbocycles. The Labute approximate surface area is 132 Å². The highest BCUT2D eigenvalue weighted by atomic mass is 16.3. The standard InChI is InChI=1S/C20H24O2/c1-2-3-4-15-13-20(14-15,16-5-9-18(21)10-6-16)17-7-11-19(22)12-8-17/h5-12,15,21-22H,2-4,13-14H2,1H3. The normalized spacial score (nSPS) is 17.1. The van der Waals surface area contributed by atoms with Crippen LogP contribution in [0.2, 0.25) is 0 Å². The highest BCUT2D eigenvalue weighted by Gasteiger charge is 2.46. The highest BCUT2D eigenvalue weighted by Crippen LogP contribution is 2.54. The van der Waals surface area contributed by atoms with E-state index >= 15 is 0 Å². The lowest BCUT2D eigenvalue weighted by atomic mass is 9.54. The van der Waals surface area contributed by atoms with E-state index in [0.717, 1.165) is 18.8 Å². The molecule has 1 aliphatic rings. The summed E-state index contributed by atoms with van der Waals surface area (Å²) in [5.41, 5.74) is 2.58. The van der Waals surface area contributed by atoms with Crippen molar-refractivity contribution < 1.29 is 10.2 Å². The predicted molar refractivity (Wildman–Crippen MR) is 89.2 cm³/mol. The fourth-order valence-corrected chi connectivity index (χ4v) is 3.82. The number of unbranched alkanes of at least 4 members (excludes halogenated alkanes) is 1. The summed E-state index contributed by atoms with van der Waals surface area (Å²) in [6.07, 6.45) is 6.16. The van der Waals surface area contributed by atoms with Crippen molar-refractivity contribution >= 4 is 0 Å². The predicted octanol–water partition coefficient (Wildman–Crippen LogP) is 4.98. The molecule has 2 aromatic rings. The maximum absolute atomic E-state index is 9.56. The van der Waals surface area contributed by atoms with Gasteiger partial charge in [0, 0.05) is 5.41 Å². The lowest BCUT2D eigenvalue weighted by Crippen LogP contribution is -2.42. The molecule has 1 fully saturated rings. The molecular weight excluding hydrogens is 272 g/mol. The lowest BCUT2D eigenvalue weighted by molar-refractivity contribution is 0.168. The molecule has 0 aromatic heterocycles. The molecule has 2 N–H and O–H groups in total. The van der Waals surface area contributed by atoms with Gasteiger partial charge < -0.3 is 10.2 Å². The van der Waals surface area contributed by atoms with Gasteiger partial charge >= 0.3 is 0 Å². The summed E-state index contributed by atoms with van der Waals surface area (Å²) in [6.45, 7) is 2.24. The molecule has 0 bridgehead atoms. The summed E-state index contributed by atoms with van der Waals surface area (Å²) in [7, 11) is 0. The van der Waals surface area contributed by atoms with Gasteiger partial charge in [0.1, 0.15) is 11.5 Å². The molecule has 1 aliphatic carbocycles. The first-order valence-corrected chi connectivity index (χ1v) is 8.23. The first-order valence-electron chi connectivity index (χ1n) is 8.23. The molecule has 0 radical (unpaired) electrons. The van der Waals surface area contributed by atoms with Gasteiger partial charge in [0.2, 0.25) is 0 Å². The molecule has 0 saturated heterocycles. The van der Waals surface area contributed by atoms with Gasteiger partial charge in [0.15, 0.2) is 0 Å². The van der Waals surface area contributed by atoms with E-state index in [4.69, 9.17) is 0 Å². The van der Waals surface area contributed by atoms with Gasteiger partial charge in [-0.3, -0.25) is 0 Å². The van der Waals surface area contributed by atoms with Crippen LogP contribution in [0.5, 0.6) is 11.5 Å². The minimum atomic E-state index is 0.0415. The number of hydrogen-bond donors (Lipinski definition) is 2. The van der Waals surface area contributed by atoms with Crippen LogP contribution >= 0.6 is 0 Å². The summed E-state index contributed by atoms with van der Waals surface area (Å²) in [4.78, 5) is 0. The van der Waals surface area contributed by atoms with Gasteiger partial charge in [-0.15, -0.1) is 0 Å². The van der Waals surface area contributed by atoms with Gasteiger partial charge in [-0.1, -0.05) is 50.5 Å². The minimum Gasteiger partial charge on any atom is -0.508 e. The van der Waals surface area contributed by atoms with Gasteiger partial charge in [0.05, 0.1) is 0 Å². The average molecular weight is 296 g/mol. The molecule has 2 aromatic carbocycles. The summed E-state index contributed by atoms with van der Waals surface area (Å²) in [6, 6.07) is 15.3. The number of phenols is 2. The fourth-order valence-electron chi connectivity index (χ4n) is 3.82. The molecule has 116 valence electrons. The van der Waals surface area contributed by atoms with E-state index in [0.29, 0.717) is 11.5 Å². The van der Waals surface area contributed by atoms with Crippen molar-refractivity contribution in [3.8, 4) is 11.5 Å². The zero-order chi connectivity index (χ0) is 15.6. The Morgan fingerprint density at radius 1 is 0.864 bits per heavy atom. The zero-order valence-electron chi connectivity index (χ0n) is 13.1. The topological polar surface area (TPSA) is 40.5 Å². The van der Waals surface area contributed by atoms with E-state index in [9.17, 15) is 10.2 Å². The monoisotopic (exact) mass is 296 g/mol. The third-order valence-corrected chi connectivity index (χ3v) is 5.08. The van der Waals surface area contributed by atoms with Crippen LogP contribution in [-0.4, -0.2) is 10.2 Å². The summed E-state index contributed by atoms with van der Waals surface area (Å²) in [5, 5.41) is 19.1. The summed E-state index contributed by atoms with van der Waals surface area (Å²) < 4.78 is 0. The Morgan fingerprint density at radius 2 is 1.32 bits per heavy atom. The Kier molecular flexibility index (Phi) is 4.10. The zero-order valence-corrected chi connectivity index (χ0v) is 13.1. The van der Waals surface area contributed by atoms with Crippen molar-refractivity contribution in [1.29, 1.82) is 0 Å². The van der Waals surface area contributed by atoms with E-state index in [-0.39, 0.29) is 5.41 Å². The second kappa shape index (κ2) is 6.04. The van der Waals surface area contributed by atoms with E-state index in [1.165, 1.54) is 30.4 Å². The first kappa shape index (κ1) is 15.0. The smallest absolute Gasteiger partial charge is 0.115 e. The maximum atomic E-state index is 9.56. The lowest BCUT2D eigenvalue weighted by Gasteiger charge is -2.49. The number of aromatic hydroxyl groups is 2. The molecule has 2 nitrogen and oxygen atoms in total. The van der Waals surface area contributed by atoms with Gasteiger partial charge in [-0.25, -0.2) is 0 Å². The Hall–Kier alpha value is -1.96. The van der Waals surface area contributed by atoms with Crippen LogP contribution in [0.25, 0.3) is 0 Å². The van der Waals surface area contributed by atoms with Gasteiger partial charge in [-0.05, 0) is 54.2 Å². The van der Waals surface area contributed by atoms with Crippen molar-refractivity contribution in [3.05, 3.63) is 59.7 Å². The maximum Gasteiger partial charge on any atom is 0.115 e. The van der Waals surface area contributed by atoms with Gasteiger partial charge in [-0.2, -0.15) is 0 Å². The van der Waals surface area contributed by atoms with Crippen molar-refractivity contribution in [2.45, 2.75) is 44.4 Å². The minimum absolute atomic E-state index is 0.0415. The van der Waals surface area contributed by atoms with Crippen LogP contribution < -0.4 is 0 Å². The van der Waals surface area contributed by atoms with E-state index < -0.39 is 0 Å².